The summed E-state index contributed by atoms with van der Waals surface area (Å²) in [4.78, 5) is 0. The Morgan fingerprint density at radius 1 is 1.29 bits per heavy atom. The summed E-state index contributed by atoms with van der Waals surface area (Å²) in [5.41, 5.74) is 3.00. The van der Waals surface area contributed by atoms with E-state index in [0.29, 0.717) is 6.61 Å². The molecule has 112 valence electrons. The molecule has 2 aromatic rings. The van der Waals surface area contributed by atoms with Crippen molar-refractivity contribution < 1.29 is 9.94 Å². The van der Waals surface area contributed by atoms with Crippen molar-refractivity contribution in [1.82, 2.24) is 9.78 Å². The molecule has 5 nitrogen and oxygen atoms in total. The van der Waals surface area contributed by atoms with Crippen LogP contribution in [0.3, 0.4) is 0 Å². The molecule has 0 aliphatic carbocycles. The van der Waals surface area contributed by atoms with E-state index in [-0.39, 0.29) is 0 Å². The Hall–Kier alpha value is -2.30. The van der Waals surface area contributed by atoms with Crippen molar-refractivity contribution in [3.05, 3.63) is 47.8 Å². The summed E-state index contributed by atoms with van der Waals surface area (Å²) in [6.45, 7) is 5.26. The van der Waals surface area contributed by atoms with E-state index >= 15 is 0 Å². The lowest BCUT2D eigenvalue weighted by Gasteiger charge is -2.06. The number of nitrogens with zero attached hydrogens (tertiary/aromatic N) is 3. The summed E-state index contributed by atoms with van der Waals surface area (Å²) in [5.74, 6) is 0.843. The number of oxime groups is 1. The van der Waals surface area contributed by atoms with Gasteiger partial charge >= 0.3 is 0 Å². The minimum atomic E-state index is 0.523. The number of aryl methyl sites for hydroxylation is 2. The van der Waals surface area contributed by atoms with Gasteiger partial charge in [-0.2, -0.15) is 5.10 Å². The SMILES string of the molecule is CCn1cc(COc2ccc(CCC(C)=NO)cc2)cn1. The zero-order valence-corrected chi connectivity index (χ0v) is 12.5. The molecule has 1 aromatic carbocycles. The fourth-order valence-electron chi connectivity index (χ4n) is 1.95. The quantitative estimate of drug-likeness (QED) is 0.483. The van der Waals surface area contributed by atoms with Crippen LogP contribution in [-0.4, -0.2) is 20.7 Å². The second kappa shape index (κ2) is 7.47. The first-order valence-electron chi connectivity index (χ1n) is 7.12. The van der Waals surface area contributed by atoms with E-state index in [9.17, 15) is 0 Å². The van der Waals surface area contributed by atoms with Crippen molar-refractivity contribution in [2.24, 2.45) is 5.16 Å². The molecule has 2 rings (SSSR count). The summed E-state index contributed by atoms with van der Waals surface area (Å²) in [7, 11) is 0. The fraction of sp³-hybridized carbons (Fsp3) is 0.375. The molecule has 0 spiro atoms. The highest BCUT2D eigenvalue weighted by molar-refractivity contribution is 5.81. The zero-order chi connectivity index (χ0) is 15.1. The smallest absolute Gasteiger partial charge is 0.119 e. The van der Waals surface area contributed by atoms with E-state index in [1.54, 1.807) is 0 Å². The fourth-order valence-corrected chi connectivity index (χ4v) is 1.95. The molecule has 1 aromatic heterocycles. The summed E-state index contributed by atoms with van der Waals surface area (Å²) < 4.78 is 7.62. The van der Waals surface area contributed by atoms with Gasteiger partial charge in [-0.15, -0.1) is 0 Å². The van der Waals surface area contributed by atoms with Gasteiger partial charge in [-0.05, 0) is 44.4 Å². The molecular formula is C16H21N3O2. The second-order valence-corrected chi connectivity index (χ2v) is 4.97. The standard InChI is InChI=1S/C16H21N3O2/c1-3-19-11-15(10-17-19)12-21-16-8-6-14(7-9-16)5-4-13(2)18-20/h6-11,20H,3-5,12H2,1-2H3. The van der Waals surface area contributed by atoms with Crippen LogP contribution >= 0.6 is 0 Å². The number of aromatic nitrogens is 2. The Morgan fingerprint density at radius 3 is 2.67 bits per heavy atom. The van der Waals surface area contributed by atoms with Gasteiger partial charge in [0.25, 0.3) is 0 Å². The minimum Gasteiger partial charge on any atom is -0.489 e. The summed E-state index contributed by atoms with van der Waals surface area (Å²) in [6.07, 6.45) is 5.44. The molecule has 5 heteroatoms. The van der Waals surface area contributed by atoms with Crippen molar-refractivity contribution in [3.63, 3.8) is 0 Å². The lowest BCUT2D eigenvalue weighted by molar-refractivity contribution is 0.306. The van der Waals surface area contributed by atoms with Crippen LogP contribution in [0.15, 0.2) is 41.8 Å². The normalized spacial score (nSPS) is 11.6. The first kappa shape index (κ1) is 15.1. The maximum absolute atomic E-state index is 8.62. The zero-order valence-electron chi connectivity index (χ0n) is 12.5. The van der Waals surface area contributed by atoms with E-state index in [4.69, 9.17) is 9.94 Å². The molecule has 0 fully saturated rings. The molecule has 0 aliphatic heterocycles. The van der Waals surface area contributed by atoms with Gasteiger partial charge in [-0.3, -0.25) is 4.68 Å². The van der Waals surface area contributed by atoms with Crippen LogP contribution in [0.1, 0.15) is 31.4 Å². The number of ether oxygens (including phenoxy) is 1. The largest absolute Gasteiger partial charge is 0.489 e. The lowest BCUT2D eigenvalue weighted by Crippen LogP contribution is -1.97. The van der Waals surface area contributed by atoms with Gasteiger partial charge in [0.15, 0.2) is 0 Å². The molecule has 0 aliphatic rings. The van der Waals surface area contributed by atoms with E-state index < -0.39 is 0 Å². The van der Waals surface area contributed by atoms with Gasteiger partial charge in [-0.1, -0.05) is 17.3 Å². The molecule has 0 saturated carbocycles. The molecular weight excluding hydrogens is 266 g/mol. The minimum absolute atomic E-state index is 0.523. The van der Waals surface area contributed by atoms with E-state index in [1.165, 1.54) is 5.56 Å². The highest BCUT2D eigenvalue weighted by Gasteiger charge is 2.01. The molecule has 1 N–H and O–H groups in total. The van der Waals surface area contributed by atoms with Gasteiger partial charge in [0, 0.05) is 18.3 Å². The van der Waals surface area contributed by atoms with Gasteiger partial charge in [0.2, 0.25) is 0 Å². The lowest BCUT2D eigenvalue weighted by atomic mass is 10.1. The molecule has 0 unspecified atom stereocenters. The van der Waals surface area contributed by atoms with Crippen LogP contribution in [-0.2, 0) is 19.6 Å². The Morgan fingerprint density at radius 2 is 2.05 bits per heavy atom. The van der Waals surface area contributed by atoms with Gasteiger partial charge in [0.1, 0.15) is 12.4 Å². The second-order valence-electron chi connectivity index (χ2n) is 4.97. The Balaban J connectivity index is 1.84. The number of hydrogen-bond acceptors (Lipinski definition) is 4. The summed E-state index contributed by atoms with van der Waals surface area (Å²) in [6, 6.07) is 8.00. The Bertz CT molecular complexity index is 588. The highest BCUT2D eigenvalue weighted by atomic mass is 16.5. The Kier molecular flexibility index (Phi) is 5.37. The van der Waals surface area contributed by atoms with Crippen LogP contribution in [0.25, 0.3) is 0 Å². The maximum Gasteiger partial charge on any atom is 0.119 e. The molecule has 0 atom stereocenters. The monoisotopic (exact) mass is 287 g/mol. The first-order valence-corrected chi connectivity index (χ1v) is 7.12. The predicted molar refractivity (Wildman–Crippen MR) is 81.9 cm³/mol. The van der Waals surface area contributed by atoms with Crippen molar-refractivity contribution in [2.45, 2.75) is 39.8 Å². The average molecular weight is 287 g/mol. The molecule has 0 saturated heterocycles. The molecule has 21 heavy (non-hydrogen) atoms. The van der Waals surface area contributed by atoms with Crippen molar-refractivity contribution in [2.75, 3.05) is 0 Å². The van der Waals surface area contributed by atoms with Crippen molar-refractivity contribution in [3.8, 4) is 5.75 Å². The van der Waals surface area contributed by atoms with Gasteiger partial charge in [0.05, 0.1) is 11.9 Å². The summed E-state index contributed by atoms with van der Waals surface area (Å²) >= 11 is 0. The van der Waals surface area contributed by atoms with Gasteiger partial charge in [-0.25, -0.2) is 0 Å². The van der Waals surface area contributed by atoms with Gasteiger partial charge < -0.3 is 9.94 Å². The maximum atomic E-state index is 8.62. The molecule has 1 heterocycles. The van der Waals surface area contributed by atoms with E-state index in [1.807, 2.05) is 48.3 Å². The molecule has 0 bridgehead atoms. The van der Waals surface area contributed by atoms with Crippen molar-refractivity contribution in [1.29, 1.82) is 0 Å². The highest BCUT2D eigenvalue weighted by Crippen LogP contribution is 2.15. The van der Waals surface area contributed by atoms with Crippen LogP contribution in [0, 0.1) is 0 Å². The van der Waals surface area contributed by atoms with E-state index in [0.717, 1.165) is 36.4 Å². The number of hydrogen-bond donors (Lipinski definition) is 1. The van der Waals surface area contributed by atoms with Crippen LogP contribution in [0.5, 0.6) is 5.75 Å². The van der Waals surface area contributed by atoms with Crippen LogP contribution in [0.4, 0.5) is 0 Å². The third kappa shape index (κ3) is 4.63. The van der Waals surface area contributed by atoms with E-state index in [2.05, 4.69) is 17.2 Å². The molecule has 0 radical (unpaired) electrons. The Labute approximate surface area is 124 Å². The van der Waals surface area contributed by atoms with Crippen molar-refractivity contribution >= 4 is 5.71 Å². The topological polar surface area (TPSA) is 59.6 Å². The summed E-state index contributed by atoms with van der Waals surface area (Å²) in [5, 5.41) is 16.0. The third-order valence-corrected chi connectivity index (χ3v) is 3.29. The molecule has 0 amide bonds. The predicted octanol–water partition coefficient (Wildman–Crippen LogP) is 3.26. The average Bonchev–Trinajstić information content (AvgIpc) is 2.99. The first-order chi connectivity index (χ1) is 10.2. The third-order valence-electron chi connectivity index (χ3n) is 3.29. The van der Waals surface area contributed by atoms with Crippen LogP contribution < -0.4 is 4.74 Å². The van der Waals surface area contributed by atoms with Crippen LogP contribution in [0.2, 0.25) is 0 Å². The number of benzene rings is 1. The number of rotatable bonds is 7.